The molecule has 4 aromatic rings. The van der Waals surface area contributed by atoms with Crippen molar-refractivity contribution in [3.63, 3.8) is 0 Å². The molecule has 15 heteroatoms. The zero-order chi connectivity index (χ0) is 23.3. The van der Waals surface area contributed by atoms with Crippen molar-refractivity contribution in [3.8, 4) is 5.69 Å². The monoisotopic (exact) mass is 494 g/mol. The second-order valence-electron chi connectivity index (χ2n) is 6.50. The van der Waals surface area contributed by atoms with E-state index in [1.807, 2.05) is 0 Å². The van der Waals surface area contributed by atoms with E-state index in [4.69, 9.17) is 14.8 Å². The summed E-state index contributed by atoms with van der Waals surface area (Å²) in [6.07, 6.45) is 0. The molecule has 0 aliphatic carbocycles. The van der Waals surface area contributed by atoms with Gasteiger partial charge in [-0.05, 0) is 49.4 Å². The summed E-state index contributed by atoms with van der Waals surface area (Å²) in [6.45, 7) is 1.66. The van der Waals surface area contributed by atoms with E-state index in [0.29, 0.717) is 21.6 Å². The third-order valence-electron chi connectivity index (χ3n) is 4.32. The van der Waals surface area contributed by atoms with Gasteiger partial charge in [0.25, 0.3) is 20.2 Å². The molecule has 32 heavy (non-hydrogen) atoms. The van der Waals surface area contributed by atoms with Crippen LogP contribution in [0.25, 0.3) is 15.9 Å². The zero-order valence-electron chi connectivity index (χ0n) is 16.1. The lowest BCUT2D eigenvalue weighted by atomic mass is 10.3. The van der Waals surface area contributed by atoms with Crippen LogP contribution in [0.1, 0.15) is 5.69 Å². The molecule has 0 bridgehead atoms. The minimum atomic E-state index is -4.34. The van der Waals surface area contributed by atoms with Gasteiger partial charge in [-0.15, -0.1) is 10.2 Å². The Morgan fingerprint density at radius 2 is 1.59 bits per heavy atom. The lowest BCUT2D eigenvalue weighted by molar-refractivity contribution is 0.481. The van der Waals surface area contributed by atoms with Gasteiger partial charge in [-0.2, -0.15) is 21.9 Å². The van der Waals surface area contributed by atoms with Crippen LogP contribution in [0.2, 0.25) is 0 Å². The van der Waals surface area contributed by atoms with Crippen molar-refractivity contribution in [1.29, 1.82) is 0 Å². The number of nitrogen functional groups attached to an aromatic ring is 1. The van der Waals surface area contributed by atoms with Crippen LogP contribution >= 0.6 is 11.3 Å². The molecule has 166 valence electrons. The number of anilines is 1. The first-order valence-electron chi connectivity index (χ1n) is 8.66. The van der Waals surface area contributed by atoms with Crippen LogP contribution in [0.3, 0.4) is 0 Å². The molecule has 4 rings (SSSR count). The van der Waals surface area contributed by atoms with Crippen molar-refractivity contribution in [2.75, 3.05) is 5.73 Å². The lowest BCUT2D eigenvalue weighted by Crippen LogP contribution is -2.03. The van der Waals surface area contributed by atoms with E-state index in [0.717, 1.165) is 11.3 Å². The van der Waals surface area contributed by atoms with E-state index in [2.05, 4.69) is 20.3 Å². The summed E-state index contributed by atoms with van der Waals surface area (Å²) in [6, 6.07) is 9.24. The zero-order valence-corrected chi connectivity index (χ0v) is 18.6. The van der Waals surface area contributed by atoms with Crippen LogP contribution in [-0.4, -0.2) is 40.7 Å². The molecule has 2 aromatic heterocycles. The number of hydrogen-bond donors (Lipinski definition) is 3. The molecule has 0 fully saturated rings. The minimum Gasteiger partial charge on any atom is -0.382 e. The molecule has 0 aliphatic rings. The number of fused-ring (bicyclic) bond motifs is 1. The highest BCUT2D eigenvalue weighted by atomic mass is 32.2. The van der Waals surface area contributed by atoms with Gasteiger partial charge >= 0.3 is 0 Å². The molecule has 4 N–H and O–H groups in total. The Balaban J connectivity index is 1.66. The fourth-order valence-electron chi connectivity index (χ4n) is 2.81. The highest BCUT2D eigenvalue weighted by molar-refractivity contribution is 7.86. The Morgan fingerprint density at radius 1 is 0.969 bits per heavy atom. The predicted molar refractivity (Wildman–Crippen MR) is 116 cm³/mol. The molecular formula is C17H14N6O6S3. The molecule has 0 atom stereocenters. The predicted octanol–water partition coefficient (Wildman–Crippen LogP) is 3.28. The van der Waals surface area contributed by atoms with Crippen molar-refractivity contribution < 1.29 is 25.9 Å². The van der Waals surface area contributed by atoms with Gasteiger partial charge in [0.2, 0.25) is 5.13 Å². The first-order valence-corrected chi connectivity index (χ1v) is 12.4. The van der Waals surface area contributed by atoms with Crippen molar-refractivity contribution in [2.24, 2.45) is 10.2 Å². The summed E-state index contributed by atoms with van der Waals surface area (Å²) < 4.78 is 65.1. The fraction of sp³-hybridized carbons (Fsp3) is 0.0588. The van der Waals surface area contributed by atoms with E-state index in [-0.39, 0.29) is 26.4 Å². The molecule has 2 heterocycles. The molecule has 2 aromatic carbocycles. The average Bonchev–Trinajstić information content (AvgIpc) is 3.24. The second-order valence-corrected chi connectivity index (χ2v) is 10.4. The maximum absolute atomic E-state index is 11.3. The lowest BCUT2D eigenvalue weighted by Gasteiger charge is -2.04. The van der Waals surface area contributed by atoms with Crippen LogP contribution in [-0.2, 0) is 20.2 Å². The molecule has 0 spiro atoms. The Kier molecular flexibility index (Phi) is 5.30. The number of nitrogens with zero attached hydrogens (tertiary/aromatic N) is 5. The summed E-state index contributed by atoms with van der Waals surface area (Å²) in [5, 5.41) is 12.7. The number of hydrogen-bond acceptors (Lipinski definition) is 10. The first-order chi connectivity index (χ1) is 14.9. The van der Waals surface area contributed by atoms with Gasteiger partial charge in [0, 0.05) is 0 Å². The third kappa shape index (κ3) is 4.23. The number of aromatic nitrogens is 3. The van der Waals surface area contributed by atoms with Crippen molar-refractivity contribution >= 4 is 58.4 Å². The highest BCUT2D eigenvalue weighted by Gasteiger charge is 2.16. The van der Waals surface area contributed by atoms with E-state index >= 15 is 0 Å². The molecule has 0 radical (unpaired) electrons. The van der Waals surface area contributed by atoms with Crippen molar-refractivity contribution in [1.82, 2.24) is 14.8 Å². The van der Waals surface area contributed by atoms with Gasteiger partial charge in [-0.1, -0.05) is 11.3 Å². The van der Waals surface area contributed by atoms with Crippen molar-refractivity contribution in [3.05, 3.63) is 48.2 Å². The van der Waals surface area contributed by atoms with Crippen LogP contribution < -0.4 is 5.73 Å². The van der Waals surface area contributed by atoms with E-state index in [9.17, 15) is 16.8 Å². The normalized spacial score (nSPS) is 12.7. The molecule has 0 unspecified atom stereocenters. The van der Waals surface area contributed by atoms with Crippen LogP contribution in [0.15, 0.2) is 62.5 Å². The quantitative estimate of drug-likeness (QED) is 0.276. The number of nitrogens with two attached hydrogens (primary N) is 1. The van der Waals surface area contributed by atoms with Gasteiger partial charge in [-0.3, -0.25) is 9.11 Å². The maximum Gasteiger partial charge on any atom is 0.294 e. The Labute approximate surface area is 185 Å². The molecule has 0 saturated carbocycles. The molecule has 0 saturated heterocycles. The van der Waals surface area contributed by atoms with Gasteiger partial charge in [0.05, 0.1) is 31.4 Å². The Morgan fingerprint density at radius 3 is 2.22 bits per heavy atom. The number of rotatable bonds is 5. The smallest absolute Gasteiger partial charge is 0.294 e. The SMILES string of the molecule is Cc1nn(-c2ccc(S(=O)(=O)O)cc2)c(N)c1N=Nc1nc2ccc(S(=O)(=O)O)cc2s1. The first kappa shape index (κ1) is 22.0. The van der Waals surface area contributed by atoms with Crippen molar-refractivity contribution in [2.45, 2.75) is 16.7 Å². The van der Waals surface area contributed by atoms with Crippen LogP contribution in [0, 0.1) is 6.92 Å². The highest BCUT2D eigenvalue weighted by Crippen LogP contribution is 2.34. The summed E-state index contributed by atoms with van der Waals surface area (Å²) in [5.41, 5.74) is 7.77. The number of benzene rings is 2. The average molecular weight is 495 g/mol. The van der Waals surface area contributed by atoms with E-state index in [1.54, 1.807) is 6.92 Å². The van der Waals surface area contributed by atoms with Gasteiger partial charge < -0.3 is 5.73 Å². The summed E-state index contributed by atoms with van der Waals surface area (Å²) in [5.74, 6) is 0.139. The van der Waals surface area contributed by atoms with Crippen LogP contribution in [0.5, 0.6) is 0 Å². The summed E-state index contributed by atoms with van der Waals surface area (Å²) in [4.78, 5) is 3.72. The Bertz CT molecular complexity index is 1590. The number of aryl methyl sites for hydroxylation is 1. The van der Waals surface area contributed by atoms with Gasteiger partial charge in [0.15, 0.2) is 11.5 Å². The molecule has 0 amide bonds. The maximum atomic E-state index is 11.3. The summed E-state index contributed by atoms with van der Waals surface area (Å²) >= 11 is 1.07. The second kappa shape index (κ2) is 7.72. The number of thiazole rings is 1. The Hall–Kier alpha value is -3.24. The topological polar surface area (TPSA) is 190 Å². The van der Waals surface area contributed by atoms with E-state index in [1.165, 1.54) is 47.1 Å². The van der Waals surface area contributed by atoms with Crippen LogP contribution in [0.4, 0.5) is 16.6 Å². The third-order valence-corrected chi connectivity index (χ3v) is 6.94. The molecule has 0 aliphatic heterocycles. The molecule has 12 nitrogen and oxygen atoms in total. The van der Waals surface area contributed by atoms with Gasteiger partial charge in [0.1, 0.15) is 0 Å². The molecular weight excluding hydrogens is 480 g/mol. The fourth-order valence-corrected chi connectivity index (χ4v) is 4.69. The van der Waals surface area contributed by atoms with Gasteiger partial charge in [-0.25, -0.2) is 9.67 Å². The van der Waals surface area contributed by atoms with E-state index < -0.39 is 20.2 Å². The number of azo groups is 1. The summed E-state index contributed by atoms with van der Waals surface area (Å²) in [7, 11) is -8.66. The standard InChI is InChI=1S/C17H14N6O6S3/c1-9-15(16(18)23(22-9)10-2-4-11(5-3-10)31(24,25)26)20-21-17-19-13-7-6-12(32(27,28)29)8-14(13)30-17/h2-8H,18H2,1H3,(H,24,25,26)(H,27,28,29). The minimum absolute atomic E-state index is 0.139. The largest absolute Gasteiger partial charge is 0.382 e.